The van der Waals surface area contributed by atoms with Gasteiger partial charge in [-0.1, -0.05) is 28.1 Å². The summed E-state index contributed by atoms with van der Waals surface area (Å²) in [5.74, 6) is 0. The predicted molar refractivity (Wildman–Crippen MR) is 57.9 cm³/mol. The summed E-state index contributed by atoms with van der Waals surface area (Å²) in [6.45, 7) is 2.07. The van der Waals surface area contributed by atoms with Gasteiger partial charge in [0.05, 0.1) is 0 Å². The second-order valence-electron chi connectivity index (χ2n) is 3.15. The predicted octanol–water partition coefficient (Wildman–Crippen LogP) is 3.28. The summed E-state index contributed by atoms with van der Waals surface area (Å²) in [4.78, 5) is 10.1. The molecular weight excluding hydrogens is 228 g/mol. The van der Waals surface area contributed by atoms with Crippen molar-refractivity contribution in [2.75, 3.05) is 0 Å². The van der Waals surface area contributed by atoms with Gasteiger partial charge in [-0.3, -0.25) is 0 Å². The highest BCUT2D eigenvalue weighted by Gasteiger charge is 1.98. The van der Waals surface area contributed by atoms with E-state index in [1.165, 1.54) is 11.1 Å². The summed E-state index contributed by atoms with van der Waals surface area (Å²) < 4.78 is 1.15. The highest BCUT2D eigenvalue weighted by molar-refractivity contribution is 9.10. The summed E-state index contributed by atoms with van der Waals surface area (Å²) in [5.41, 5.74) is 2.54. The fourth-order valence-electron chi connectivity index (χ4n) is 1.23. The lowest BCUT2D eigenvalue weighted by atomic mass is 10.1. The summed E-state index contributed by atoms with van der Waals surface area (Å²) >= 11 is 3.51. The van der Waals surface area contributed by atoms with E-state index in [1.54, 1.807) is 0 Å². The van der Waals surface area contributed by atoms with Gasteiger partial charge in [-0.25, -0.2) is 0 Å². The number of carbonyl (C=O) groups is 1. The number of benzene rings is 1. The molecule has 0 radical (unpaired) electrons. The van der Waals surface area contributed by atoms with Crippen molar-refractivity contribution >= 4 is 22.2 Å². The van der Waals surface area contributed by atoms with Crippen LogP contribution >= 0.6 is 15.9 Å². The van der Waals surface area contributed by atoms with Crippen molar-refractivity contribution in [1.82, 2.24) is 0 Å². The van der Waals surface area contributed by atoms with E-state index in [-0.39, 0.29) is 0 Å². The van der Waals surface area contributed by atoms with Crippen LogP contribution in [0.1, 0.15) is 24.0 Å². The number of carbonyl (C=O) groups excluding carboxylic acids is 1. The number of rotatable bonds is 4. The number of halogens is 1. The molecule has 0 saturated carbocycles. The quantitative estimate of drug-likeness (QED) is 0.584. The van der Waals surface area contributed by atoms with Gasteiger partial charge in [-0.15, -0.1) is 0 Å². The molecule has 0 saturated heterocycles. The Kier molecular flexibility index (Phi) is 4.16. The van der Waals surface area contributed by atoms with Gasteiger partial charge in [0, 0.05) is 10.9 Å². The van der Waals surface area contributed by atoms with Crippen LogP contribution in [0.5, 0.6) is 0 Å². The Balaban J connectivity index is 2.61. The number of hydrogen-bond acceptors (Lipinski definition) is 1. The Hall–Kier alpha value is -0.630. The molecule has 0 aromatic heterocycles. The zero-order chi connectivity index (χ0) is 9.68. The van der Waals surface area contributed by atoms with Crippen molar-refractivity contribution in [2.24, 2.45) is 0 Å². The molecule has 1 nitrogen and oxygen atoms in total. The Morgan fingerprint density at radius 3 is 2.85 bits per heavy atom. The summed E-state index contributed by atoms with van der Waals surface area (Å²) in [5, 5.41) is 0. The maximum Gasteiger partial charge on any atom is 0.120 e. The third kappa shape index (κ3) is 3.31. The average Bonchev–Trinajstić information content (AvgIpc) is 2.09. The smallest absolute Gasteiger partial charge is 0.120 e. The second-order valence-corrected chi connectivity index (χ2v) is 4.01. The van der Waals surface area contributed by atoms with Crippen molar-refractivity contribution in [3.05, 3.63) is 33.8 Å². The third-order valence-corrected chi connectivity index (χ3v) is 2.71. The zero-order valence-corrected chi connectivity index (χ0v) is 9.30. The van der Waals surface area contributed by atoms with Gasteiger partial charge in [0.15, 0.2) is 0 Å². The summed E-state index contributed by atoms with van der Waals surface area (Å²) in [6, 6.07) is 6.32. The van der Waals surface area contributed by atoms with Crippen LogP contribution in [0.25, 0.3) is 0 Å². The van der Waals surface area contributed by atoms with Gasteiger partial charge in [-0.2, -0.15) is 0 Å². The highest BCUT2D eigenvalue weighted by Crippen LogP contribution is 2.19. The first kappa shape index (κ1) is 10.5. The minimum absolute atomic E-state index is 0.653. The monoisotopic (exact) mass is 240 g/mol. The highest BCUT2D eigenvalue weighted by atomic mass is 79.9. The van der Waals surface area contributed by atoms with Crippen LogP contribution in [0.15, 0.2) is 22.7 Å². The maximum atomic E-state index is 10.1. The molecule has 0 aliphatic heterocycles. The minimum Gasteiger partial charge on any atom is -0.303 e. The molecule has 70 valence electrons. The van der Waals surface area contributed by atoms with Crippen LogP contribution in [-0.2, 0) is 11.2 Å². The van der Waals surface area contributed by atoms with E-state index >= 15 is 0 Å². The van der Waals surface area contributed by atoms with E-state index < -0.39 is 0 Å². The normalized spacial score (nSPS) is 10.0. The van der Waals surface area contributed by atoms with E-state index in [1.807, 2.05) is 0 Å². The lowest BCUT2D eigenvalue weighted by Gasteiger charge is -2.03. The molecular formula is C11H13BrO. The number of aryl methyl sites for hydroxylation is 2. The Bertz CT molecular complexity index is 294. The van der Waals surface area contributed by atoms with Crippen molar-refractivity contribution in [3.63, 3.8) is 0 Å². The van der Waals surface area contributed by atoms with E-state index in [2.05, 4.69) is 41.1 Å². The van der Waals surface area contributed by atoms with Crippen LogP contribution in [-0.4, -0.2) is 6.29 Å². The van der Waals surface area contributed by atoms with Crippen molar-refractivity contribution < 1.29 is 4.79 Å². The molecule has 0 aliphatic carbocycles. The molecule has 2 heteroatoms. The average molecular weight is 241 g/mol. The third-order valence-electron chi connectivity index (χ3n) is 1.98. The van der Waals surface area contributed by atoms with E-state index in [9.17, 15) is 4.79 Å². The van der Waals surface area contributed by atoms with E-state index in [0.717, 1.165) is 23.6 Å². The van der Waals surface area contributed by atoms with Crippen LogP contribution in [0.2, 0.25) is 0 Å². The summed E-state index contributed by atoms with van der Waals surface area (Å²) in [6.07, 6.45) is 3.53. The standard InChI is InChI=1S/C11H13BrO/c1-9-5-6-10(11(12)8-9)4-2-3-7-13/h5-8H,2-4H2,1H3. The van der Waals surface area contributed by atoms with Crippen molar-refractivity contribution in [2.45, 2.75) is 26.2 Å². The molecule has 1 rings (SSSR count). The van der Waals surface area contributed by atoms with Crippen molar-refractivity contribution in [3.8, 4) is 0 Å². The minimum atomic E-state index is 0.653. The number of hydrogen-bond donors (Lipinski definition) is 0. The first-order valence-electron chi connectivity index (χ1n) is 4.42. The molecule has 0 spiro atoms. The van der Waals surface area contributed by atoms with Gasteiger partial charge < -0.3 is 4.79 Å². The van der Waals surface area contributed by atoms with Crippen molar-refractivity contribution in [1.29, 1.82) is 0 Å². The SMILES string of the molecule is Cc1ccc(CCCC=O)c(Br)c1. The molecule has 0 aliphatic rings. The van der Waals surface area contributed by atoms with Gasteiger partial charge in [0.25, 0.3) is 0 Å². The Morgan fingerprint density at radius 1 is 1.46 bits per heavy atom. The van der Waals surface area contributed by atoms with Gasteiger partial charge in [0.1, 0.15) is 6.29 Å². The molecule has 13 heavy (non-hydrogen) atoms. The molecule has 0 heterocycles. The van der Waals surface area contributed by atoms with Crippen LogP contribution in [0.3, 0.4) is 0 Å². The Labute approximate surface area is 87.3 Å². The molecule has 0 N–H and O–H groups in total. The molecule has 0 bridgehead atoms. The lowest BCUT2D eigenvalue weighted by molar-refractivity contribution is -0.107. The fraction of sp³-hybridized carbons (Fsp3) is 0.364. The molecule has 0 atom stereocenters. The Morgan fingerprint density at radius 2 is 2.23 bits per heavy atom. The first-order chi connectivity index (χ1) is 6.24. The molecule has 0 unspecified atom stereocenters. The van der Waals surface area contributed by atoms with Gasteiger partial charge >= 0.3 is 0 Å². The fourth-order valence-corrected chi connectivity index (χ4v) is 1.92. The summed E-state index contributed by atoms with van der Waals surface area (Å²) in [7, 11) is 0. The van der Waals surface area contributed by atoms with Crippen LogP contribution in [0, 0.1) is 6.92 Å². The molecule has 0 amide bonds. The lowest BCUT2D eigenvalue weighted by Crippen LogP contribution is -1.88. The number of unbranched alkanes of at least 4 members (excludes halogenated alkanes) is 1. The number of aldehydes is 1. The van der Waals surface area contributed by atoms with Crippen LogP contribution < -0.4 is 0 Å². The van der Waals surface area contributed by atoms with E-state index in [4.69, 9.17) is 0 Å². The van der Waals surface area contributed by atoms with Crippen LogP contribution in [0.4, 0.5) is 0 Å². The zero-order valence-electron chi connectivity index (χ0n) is 7.72. The maximum absolute atomic E-state index is 10.1. The second kappa shape index (κ2) is 5.18. The van der Waals surface area contributed by atoms with E-state index in [0.29, 0.717) is 6.42 Å². The first-order valence-corrected chi connectivity index (χ1v) is 5.22. The topological polar surface area (TPSA) is 17.1 Å². The molecule has 0 fully saturated rings. The van der Waals surface area contributed by atoms with Gasteiger partial charge in [0.2, 0.25) is 0 Å². The molecule has 1 aromatic rings. The molecule has 1 aromatic carbocycles. The largest absolute Gasteiger partial charge is 0.303 e. The van der Waals surface area contributed by atoms with Gasteiger partial charge in [-0.05, 0) is 37.0 Å².